The number of nitrogens with zero attached hydrogens (tertiary/aromatic N) is 1. The molecule has 24 heavy (non-hydrogen) atoms. The second-order valence-corrected chi connectivity index (χ2v) is 6.38. The highest BCUT2D eigenvalue weighted by atomic mass is 16.5. The number of benzene rings is 2. The lowest BCUT2D eigenvalue weighted by molar-refractivity contribution is -0.130. The summed E-state index contributed by atoms with van der Waals surface area (Å²) in [5, 5.41) is 3.20. The summed E-state index contributed by atoms with van der Waals surface area (Å²) in [7, 11) is 0. The van der Waals surface area contributed by atoms with E-state index in [1.54, 1.807) is 0 Å². The summed E-state index contributed by atoms with van der Waals surface area (Å²) in [6.07, 6.45) is 1.09. The zero-order chi connectivity index (χ0) is 16.9. The van der Waals surface area contributed by atoms with Gasteiger partial charge in [0.1, 0.15) is 5.75 Å². The SMILES string of the molecule is CC(C)Oc1ccc(NCC(=O)N2CCc3ccccc3C2)cc1. The van der Waals surface area contributed by atoms with Crippen molar-refractivity contribution in [1.82, 2.24) is 4.90 Å². The molecule has 3 rings (SSSR count). The number of hydrogen-bond donors (Lipinski definition) is 1. The highest BCUT2D eigenvalue weighted by molar-refractivity contribution is 5.81. The molecule has 0 fully saturated rings. The number of nitrogens with one attached hydrogen (secondary N) is 1. The number of anilines is 1. The van der Waals surface area contributed by atoms with Crippen LogP contribution >= 0.6 is 0 Å². The molecule has 1 amide bonds. The van der Waals surface area contributed by atoms with Crippen molar-refractivity contribution in [3.63, 3.8) is 0 Å². The van der Waals surface area contributed by atoms with Crippen molar-refractivity contribution < 1.29 is 9.53 Å². The molecular weight excluding hydrogens is 300 g/mol. The second-order valence-electron chi connectivity index (χ2n) is 6.38. The Balaban J connectivity index is 1.53. The quantitative estimate of drug-likeness (QED) is 0.915. The van der Waals surface area contributed by atoms with Gasteiger partial charge in [-0.2, -0.15) is 0 Å². The molecule has 1 heterocycles. The van der Waals surface area contributed by atoms with Crippen LogP contribution in [0.1, 0.15) is 25.0 Å². The minimum atomic E-state index is 0.131. The Hall–Kier alpha value is -2.49. The smallest absolute Gasteiger partial charge is 0.242 e. The molecule has 1 N–H and O–H groups in total. The number of hydrogen-bond acceptors (Lipinski definition) is 3. The molecule has 0 bridgehead atoms. The van der Waals surface area contributed by atoms with Gasteiger partial charge in [-0.15, -0.1) is 0 Å². The largest absolute Gasteiger partial charge is 0.491 e. The van der Waals surface area contributed by atoms with Gasteiger partial charge in [0, 0.05) is 18.8 Å². The molecule has 0 aromatic heterocycles. The van der Waals surface area contributed by atoms with E-state index in [1.165, 1.54) is 11.1 Å². The monoisotopic (exact) mass is 324 g/mol. The van der Waals surface area contributed by atoms with Gasteiger partial charge in [-0.25, -0.2) is 0 Å². The van der Waals surface area contributed by atoms with E-state index in [1.807, 2.05) is 49.1 Å². The van der Waals surface area contributed by atoms with Gasteiger partial charge in [-0.3, -0.25) is 4.79 Å². The Kier molecular flexibility index (Phi) is 5.04. The zero-order valence-electron chi connectivity index (χ0n) is 14.3. The fourth-order valence-electron chi connectivity index (χ4n) is 2.92. The van der Waals surface area contributed by atoms with Crippen LogP contribution in [0.25, 0.3) is 0 Å². The first-order valence-electron chi connectivity index (χ1n) is 8.47. The molecule has 0 spiro atoms. The minimum absolute atomic E-state index is 0.131. The number of fused-ring (bicyclic) bond motifs is 1. The maximum atomic E-state index is 12.4. The number of ether oxygens (including phenoxy) is 1. The standard InChI is InChI=1S/C20H24N2O2/c1-15(2)24-19-9-7-18(8-10-19)21-13-20(23)22-12-11-16-5-3-4-6-17(16)14-22/h3-10,15,21H,11-14H2,1-2H3. The number of carbonyl (C=O) groups is 1. The van der Waals surface area contributed by atoms with Crippen LogP contribution in [0.2, 0.25) is 0 Å². The zero-order valence-corrected chi connectivity index (χ0v) is 14.3. The van der Waals surface area contributed by atoms with Crippen LogP contribution in [-0.2, 0) is 17.8 Å². The maximum Gasteiger partial charge on any atom is 0.242 e. The molecule has 2 aromatic carbocycles. The van der Waals surface area contributed by atoms with Gasteiger partial charge < -0.3 is 15.0 Å². The maximum absolute atomic E-state index is 12.4. The lowest BCUT2D eigenvalue weighted by Gasteiger charge is -2.29. The van der Waals surface area contributed by atoms with E-state index in [-0.39, 0.29) is 12.0 Å². The second kappa shape index (κ2) is 7.39. The average Bonchev–Trinajstić information content (AvgIpc) is 2.60. The number of rotatable bonds is 5. The molecule has 1 aliphatic rings. The summed E-state index contributed by atoms with van der Waals surface area (Å²) in [5.74, 6) is 0.974. The van der Waals surface area contributed by atoms with E-state index in [9.17, 15) is 4.79 Å². The molecule has 2 aromatic rings. The van der Waals surface area contributed by atoms with E-state index >= 15 is 0 Å². The predicted molar refractivity (Wildman–Crippen MR) is 96.3 cm³/mol. The molecule has 126 valence electrons. The summed E-state index contributed by atoms with van der Waals surface area (Å²) in [5.41, 5.74) is 3.54. The Morgan fingerprint density at radius 2 is 1.83 bits per heavy atom. The molecule has 4 heteroatoms. The highest BCUT2D eigenvalue weighted by Crippen LogP contribution is 2.19. The summed E-state index contributed by atoms with van der Waals surface area (Å²) in [6, 6.07) is 16.1. The lowest BCUT2D eigenvalue weighted by Crippen LogP contribution is -2.39. The third-order valence-corrected chi connectivity index (χ3v) is 4.15. The fraction of sp³-hybridized carbons (Fsp3) is 0.350. The van der Waals surface area contributed by atoms with Crippen LogP contribution < -0.4 is 10.1 Å². The normalized spacial score (nSPS) is 13.5. The Bertz CT molecular complexity index is 695. The molecule has 4 nitrogen and oxygen atoms in total. The molecular formula is C20H24N2O2. The molecule has 0 aliphatic carbocycles. The Labute approximate surface area is 143 Å². The van der Waals surface area contributed by atoms with E-state index < -0.39 is 0 Å². The van der Waals surface area contributed by atoms with Crippen LogP contribution in [0, 0.1) is 0 Å². The lowest BCUT2D eigenvalue weighted by atomic mass is 10.00. The van der Waals surface area contributed by atoms with Crippen molar-refractivity contribution in [3.05, 3.63) is 59.7 Å². The van der Waals surface area contributed by atoms with Crippen LogP contribution in [0.5, 0.6) is 5.75 Å². The van der Waals surface area contributed by atoms with Crippen LogP contribution in [0.15, 0.2) is 48.5 Å². The van der Waals surface area contributed by atoms with E-state index in [2.05, 4.69) is 23.5 Å². The molecule has 0 unspecified atom stereocenters. The third kappa shape index (κ3) is 4.07. The first-order valence-corrected chi connectivity index (χ1v) is 8.47. The van der Waals surface area contributed by atoms with Crippen LogP contribution in [0.4, 0.5) is 5.69 Å². The van der Waals surface area contributed by atoms with Gasteiger partial charge in [-0.05, 0) is 55.7 Å². The van der Waals surface area contributed by atoms with Crippen molar-refractivity contribution in [1.29, 1.82) is 0 Å². The summed E-state index contributed by atoms with van der Waals surface area (Å²) >= 11 is 0. The van der Waals surface area contributed by atoms with Crippen molar-refractivity contribution in [2.45, 2.75) is 32.9 Å². The molecule has 0 atom stereocenters. The van der Waals surface area contributed by atoms with Crippen molar-refractivity contribution in [2.24, 2.45) is 0 Å². The molecule has 0 saturated carbocycles. The van der Waals surface area contributed by atoms with Crippen molar-refractivity contribution in [2.75, 3.05) is 18.4 Å². The van der Waals surface area contributed by atoms with Crippen LogP contribution in [0.3, 0.4) is 0 Å². The average molecular weight is 324 g/mol. The van der Waals surface area contributed by atoms with Gasteiger partial charge in [0.05, 0.1) is 12.6 Å². The van der Waals surface area contributed by atoms with Gasteiger partial charge in [0.25, 0.3) is 0 Å². The Morgan fingerprint density at radius 1 is 1.12 bits per heavy atom. The number of carbonyl (C=O) groups excluding carboxylic acids is 1. The highest BCUT2D eigenvalue weighted by Gasteiger charge is 2.19. The van der Waals surface area contributed by atoms with E-state index in [4.69, 9.17) is 4.74 Å². The van der Waals surface area contributed by atoms with Crippen LogP contribution in [-0.4, -0.2) is 30.0 Å². The minimum Gasteiger partial charge on any atom is -0.491 e. The first-order chi connectivity index (χ1) is 11.6. The first kappa shape index (κ1) is 16.4. The molecule has 0 radical (unpaired) electrons. The summed E-state index contributed by atoms with van der Waals surface area (Å²) in [6.45, 7) is 5.81. The van der Waals surface area contributed by atoms with Gasteiger partial charge in [0.2, 0.25) is 5.91 Å². The van der Waals surface area contributed by atoms with E-state index in [0.29, 0.717) is 13.1 Å². The van der Waals surface area contributed by atoms with Gasteiger partial charge in [0.15, 0.2) is 0 Å². The van der Waals surface area contributed by atoms with Gasteiger partial charge >= 0.3 is 0 Å². The molecule has 0 saturated heterocycles. The summed E-state index contributed by atoms with van der Waals surface area (Å²) in [4.78, 5) is 14.4. The fourth-order valence-corrected chi connectivity index (χ4v) is 2.92. The Morgan fingerprint density at radius 3 is 2.54 bits per heavy atom. The third-order valence-electron chi connectivity index (χ3n) is 4.15. The number of amides is 1. The summed E-state index contributed by atoms with van der Waals surface area (Å²) < 4.78 is 5.62. The van der Waals surface area contributed by atoms with E-state index in [0.717, 1.165) is 24.4 Å². The predicted octanol–water partition coefficient (Wildman–Crippen LogP) is 3.47. The topological polar surface area (TPSA) is 41.6 Å². The molecule has 1 aliphatic heterocycles. The van der Waals surface area contributed by atoms with Crippen molar-refractivity contribution in [3.8, 4) is 5.75 Å². The van der Waals surface area contributed by atoms with Gasteiger partial charge in [-0.1, -0.05) is 24.3 Å². The van der Waals surface area contributed by atoms with Crippen molar-refractivity contribution >= 4 is 11.6 Å².